The van der Waals surface area contributed by atoms with Crippen LogP contribution in [-0.4, -0.2) is 10.2 Å². The molecule has 0 unspecified atom stereocenters. The van der Waals surface area contributed by atoms with Gasteiger partial charge in [-0.25, -0.2) is 0 Å². The van der Waals surface area contributed by atoms with Crippen LogP contribution in [0.1, 0.15) is 88.8 Å². The third-order valence-electron chi connectivity index (χ3n) is 5.95. The summed E-state index contributed by atoms with van der Waals surface area (Å²) in [6.07, 6.45) is 13.2. The molecule has 3 rings (SSSR count). The molecular weight excluding hydrogens is 316 g/mol. The van der Waals surface area contributed by atoms with E-state index in [9.17, 15) is 0 Å². The lowest BCUT2D eigenvalue weighted by molar-refractivity contribution is 0.299. The highest BCUT2D eigenvalue weighted by Crippen LogP contribution is 2.37. The highest BCUT2D eigenvalue weighted by atomic mass is 15.1. The molecule has 0 radical (unpaired) electrons. The molecule has 0 N–H and O–H groups in total. The largest absolute Gasteiger partial charge is 0.155 e. The summed E-state index contributed by atoms with van der Waals surface area (Å²) < 4.78 is 0. The van der Waals surface area contributed by atoms with Gasteiger partial charge in [-0.05, 0) is 55.7 Å². The number of aromatic nitrogens is 2. The van der Waals surface area contributed by atoms with Crippen LogP contribution in [0.3, 0.4) is 0 Å². The van der Waals surface area contributed by atoms with Gasteiger partial charge >= 0.3 is 0 Å². The number of hydrogen-bond acceptors (Lipinski definition) is 2. The highest BCUT2D eigenvalue weighted by Gasteiger charge is 2.23. The second-order valence-corrected chi connectivity index (χ2v) is 8.00. The zero-order valence-electron chi connectivity index (χ0n) is 16.6. The van der Waals surface area contributed by atoms with Crippen molar-refractivity contribution in [3.8, 4) is 11.3 Å². The maximum Gasteiger partial charge on any atom is 0.0929 e. The van der Waals surface area contributed by atoms with Crippen molar-refractivity contribution in [2.75, 3.05) is 0 Å². The Morgan fingerprint density at radius 2 is 1.58 bits per heavy atom. The molecule has 2 nitrogen and oxygen atoms in total. The Morgan fingerprint density at radius 3 is 2.19 bits per heavy atom. The highest BCUT2D eigenvalue weighted by molar-refractivity contribution is 5.58. The van der Waals surface area contributed by atoms with E-state index in [2.05, 4.69) is 60.4 Å². The van der Waals surface area contributed by atoms with Crippen LogP contribution in [0, 0.1) is 5.92 Å². The van der Waals surface area contributed by atoms with Crippen molar-refractivity contribution in [3.63, 3.8) is 0 Å². The minimum Gasteiger partial charge on any atom is -0.155 e. The quantitative estimate of drug-likeness (QED) is 0.481. The predicted molar refractivity (Wildman–Crippen MR) is 110 cm³/mol. The molecule has 1 fully saturated rings. The molecule has 0 spiro atoms. The number of hydrogen-bond donors (Lipinski definition) is 0. The lowest BCUT2D eigenvalue weighted by atomic mass is 9.78. The Hall–Kier alpha value is -1.70. The molecule has 1 aromatic carbocycles. The third-order valence-corrected chi connectivity index (χ3v) is 5.95. The summed E-state index contributed by atoms with van der Waals surface area (Å²) in [6, 6.07) is 13.2. The van der Waals surface area contributed by atoms with E-state index in [1.807, 2.05) is 0 Å². The van der Waals surface area contributed by atoms with Crippen molar-refractivity contribution >= 4 is 0 Å². The molecule has 26 heavy (non-hydrogen) atoms. The lowest BCUT2D eigenvalue weighted by Gasteiger charge is -2.28. The molecule has 2 heteroatoms. The van der Waals surface area contributed by atoms with Gasteiger partial charge in [0.1, 0.15) is 0 Å². The van der Waals surface area contributed by atoms with E-state index in [4.69, 9.17) is 0 Å². The Bertz CT molecular complexity index is 637. The van der Waals surface area contributed by atoms with E-state index in [-0.39, 0.29) is 0 Å². The zero-order chi connectivity index (χ0) is 18.2. The molecule has 0 aliphatic heterocycles. The van der Waals surface area contributed by atoms with Crippen molar-refractivity contribution < 1.29 is 0 Å². The van der Waals surface area contributed by atoms with E-state index < -0.39 is 0 Å². The fourth-order valence-corrected chi connectivity index (χ4v) is 4.28. The maximum absolute atomic E-state index is 4.59. The monoisotopic (exact) mass is 350 g/mol. The van der Waals surface area contributed by atoms with Crippen LogP contribution in [0.15, 0.2) is 36.4 Å². The van der Waals surface area contributed by atoms with Gasteiger partial charge in [0.25, 0.3) is 0 Å². The smallest absolute Gasteiger partial charge is 0.0929 e. The first kappa shape index (κ1) is 19.1. The van der Waals surface area contributed by atoms with Crippen LogP contribution in [0.2, 0.25) is 0 Å². The van der Waals surface area contributed by atoms with Crippen LogP contribution in [-0.2, 0) is 6.42 Å². The van der Waals surface area contributed by atoms with E-state index in [1.54, 1.807) is 0 Å². The lowest BCUT2D eigenvalue weighted by Crippen LogP contribution is -2.14. The third kappa shape index (κ3) is 5.16. The normalized spacial score (nSPS) is 20.2. The molecule has 0 bridgehead atoms. The number of unbranched alkanes of at least 4 members (excludes halogenated alkanes) is 2. The van der Waals surface area contributed by atoms with Crippen molar-refractivity contribution in [1.82, 2.24) is 10.2 Å². The first-order valence-corrected chi connectivity index (χ1v) is 10.7. The molecule has 1 heterocycles. The Kier molecular flexibility index (Phi) is 7.22. The molecule has 1 aliphatic rings. The molecular formula is C24H34N2. The summed E-state index contributed by atoms with van der Waals surface area (Å²) in [5, 5.41) is 9.12. The van der Waals surface area contributed by atoms with Gasteiger partial charge < -0.3 is 0 Å². The SMILES string of the molecule is CCCCCC1CCC(c2ccc(-c3ccc(CCC)cc3)nn2)CC1. The molecule has 2 aromatic rings. The number of rotatable bonds is 8. The van der Waals surface area contributed by atoms with Gasteiger partial charge in [0.15, 0.2) is 0 Å². The number of nitrogens with zero attached hydrogens (tertiary/aromatic N) is 2. The molecule has 1 saturated carbocycles. The maximum atomic E-state index is 4.59. The average molecular weight is 351 g/mol. The zero-order valence-corrected chi connectivity index (χ0v) is 16.6. The average Bonchev–Trinajstić information content (AvgIpc) is 2.70. The summed E-state index contributed by atoms with van der Waals surface area (Å²) >= 11 is 0. The summed E-state index contributed by atoms with van der Waals surface area (Å²) in [4.78, 5) is 0. The Morgan fingerprint density at radius 1 is 0.808 bits per heavy atom. The van der Waals surface area contributed by atoms with Gasteiger partial charge in [-0.2, -0.15) is 10.2 Å². The van der Waals surface area contributed by atoms with Crippen LogP contribution >= 0.6 is 0 Å². The van der Waals surface area contributed by atoms with Crippen molar-refractivity contribution in [1.29, 1.82) is 0 Å². The fraction of sp³-hybridized carbons (Fsp3) is 0.583. The van der Waals surface area contributed by atoms with Crippen molar-refractivity contribution in [2.24, 2.45) is 5.92 Å². The summed E-state index contributed by atoms with van der Waals surface area (Å²) in [6.45, 7) is 4.51. The summed E-state index contributed by atoms with van der Waals surface area (Å²) in [5.41, 5.74) is 4.76. The molecule has 1 aromatic heterocycles. The topological polar surface area (TPSA) is 25.8 Å². The fourth-order valence-electron chi connectivity index (χ4n) is 4.28. The molecule has 140 valence electrons. The van der Waals surface area contributed by atoms with Crippen LogP contribution in [0.5, 0.6) is 0 Å². The van der Waals surface area contributed by atoms with Gasteiger partial charge in [-0.15, -0.1) is 0 Å². The Labute approximate surface area is 159 Å². The van der Waals surface area contributed by atoms with E-state index in [1.165, 1.54) is 74.6 Å². The van der Waals surface area contributed by atoms with Crippen LogP contribution in [0.4, 0.5) is 0 Å². The second-order valence-electron chi connectivity index (χ2n) is 8.00. The Balaban J connectivity index is 1.55. The van der Waals surface area contributed by atoms with Gasteiger partial charge in [0, 0.05) is 11.5 Å². The standard InChI is InChI=1S/C24H34N2/c1-3-5-6-8-20-11-15-22(16-12-20)24-18-17-23(25-26-24)21-13-9-19(7-4-2)10-14-21/h9-10,13-14,17-18,20,22H,3-8,11-12,15-16H2,1-2H3. The summed E-state index contributed by atoms with van der Waals surface area (Å²) in [7, 11) is 0. The number of aryl methyl sites for hydroxylation is 1. The van der Waals surface area contributed by atoms with Gasteiger partial charge in [-0.3, -0.25) is 0 Å². The van der Waals surface area contributed by atoms with Crippen LogP contribution in [0.25, 0.3) is 11.3 Å². The van der Waals surface area contributed by atoms with Crippen molar-refractivity contribution in [2.45, 2.75) is 84.0 Å². The summed E-state index contributed by atoms with van der Waals surface area (Å²) in [5.74, 6) is 1.57. The van der Waals surface area contributed by atoms with E-state index in [0.29, 0.717) is 5.92 Å². The van der Waals surface area contributed by atoms with Gasteiger partial charge in [-0.1, -0.05) is 70.2 Å². The van der Waals surface area contributed by atoms with Gasteiger partial charge in [0.2, 0.25) is 0 Å². The first-order valence-electron chi connectivity index (χ1n) is 10.7. The molecule has 0 amide bonds. The minimum atomic E-state index is 0.617. The minimum absolute atomic E-state index is 0.617. The van der Waals surface area contributed by atoms with E-state index >= 15 is 0 Å². The molecule has 0 atom stereocenters. The predicted octanol–water partition coefficient (Wildman–Crippen LogP) is 6.95. The van der Waals surface area contributed by atoms with Crippen LogP contribution < -0.4 is 0 Å². The molecule has 1 aliphatic carbocycles. The van der Waals surface area contributed by atoms with E-state index in [0.717, 1.165) is 18.0 Å². The first-order chi connectivity index (χ1) is 12.8. The van der Waals surface area contributed by atoms with Gasteiger partial charge in [0.05, 0.1) is 11.4 Å². The number of benzene rings is 1. The second kappa shape index (κ2) is 9.85. The van der Waals surface area contributed by atoms with Crippen molar-refractivity contribution in [3.05, 3.63) is 47.7 Å². The molecule has 0 saturated heterocycles.